The number of nitrogens with zero attached hydrogens (tertiary/aromatic N) is 1. The number of carbonyl (C=O) groups is 3. The predicted molar refractivity (Wildman–Crippen MR) is 120 cm³/mol. The minimum Gasteiger partial charge on any atom is -0.462 e. The predicted octanol–water partition coefficient (Wildman–Crippen LogP) is 6.04. The maximum atomic E-state index is 12.8. The molecule has 0 aliphatic carbocycles. The van der Waals surface area contributed by atoms with Crippen LogP contribution in [0.5, 0.6) is 0 Å². The lowest BCUT2D eigenvalue weighted by molar-refractivity contribution is 0.0527. The van der Waals surface area contributed by atoms with Gasteiger partial charge >= 0.3 is 5.97 Å². The van der Waals surface area contributed by atoms with Crippen molar-refractivity contribution in [2.75, 3.05) is 11.9 Å². The first-order valence-corrected chi connectivity index (χ1v) is 10.9. The molecule has 0 aliphatic heterocycles. The zero-order chi connectivity index (χ0) is 22.7. The topological polar surface area (TPSA) is 98.5 Å². The first-order chi connectivity index (χ1) is 14.8. The number of amides is 1. The Bertz CT molecular complexity index is 1170. The Morgan fingerprint density at radius 2 is 1.90 bits per heavy atom. The van der Waals surface area contributed by atoms with Gasteiger partial charge in [-0.15, -0.1) is 11.3 Å². The van der Waals surface area contributed by atoms with Crippen molar-refractivity contribution in [3.8, 4) is 11.3 Å². The van der Waals surface area contributed by atoms with Crippen molar-refractivity contribution in [1.82, 2.24) is 5.16 Å². The number of rotatable bonds is 7. The first-order valence-electron chi connectivity index (χ1n) is 9.33. The van der Waals surface area contributed by atoms with Gasteiger partial charge in [0, 0.05) is 18.1 Å². The zero-order valence-corrected chi connectivity index (χ0v) is 19.2. The Hall–Kier alpha value is -2.68. The number of anilines is 1. The van der Waals surface area contributed by atoms with Crippen LogP contribution in [0.3, 0.4) is 0 Å². The quantitative estimate of drug-likeness (QED) is 0.326. The monoisotopic (exact) mass is 480 g/mol. The third-order valence-corrected chi connectivity index (χ3v) is 6.36. The van der Waals surface area contributed by atoms with Crippen molar-refractivity contribution >= 4 is 57.2 Å². The van der Waals surface area contributed by atoms with Gasteiger partial charge in [0.25, 0.3) is 5.91 Å². The van der Waals surface area contributed by atoms with Gasteiger partial charge in [-0.25, -0.2) is 4.79 Å². The van der Waals surface area contributed by atoms with Crippen molar-refractivity contribution in [3.63, 3.8) is 0 Å². The largest absolute Gasteiger partial charge is 0.462 e. The number of carbonyl (C=O) groups excluding carboxylic acids is 3. The summed E-state index contributed by atoms with van der Waals surface area (Å²) in [6.45, 7) is 5.22. The molecule has 0 atom stereocenters. The second kappa shape index (κ2) is 9.64. The molecular weight excluding hydrogens is 463 g/mol. The molecule has 31 heavy (non-hydrogen) atoms. The van der Waals surface area contributed by atoms with Gasteiger partial charge in [-0.2, -0.15) is 0 Å². The lowest BCUT2D eigenvalue weighted by Gasteiger charge is -2.05. The standard InChI is InChI=1S/C21H18Cl2N2O5S/c1-4-15(26)18-10(3)17(21(28)29-5-2)20(31-18)24-19(27)14-9-16(30-25-14)11-6-7-12(22)13(23)8-11/h6-9H,4-5H2,1-3H3,(H,24,27). The number of Topliss-reactive ketones (excluding diaryl/α,β-unsaturated/α-hetero) is 1. The van der Waals surface area contributed by atoms with E-state index in [1.54, 1.807) is 39.0 Å². The summed E-state index contributed by atoms with van der Waals surface area (Å²) < 4.78 is 10.3. The van der Waals surface area contributed by atoms with Gasteiger partial charge in [0.15, 0.2) is 17.2 Å². The van der Waals surface area contributed by atoms with Crippen LogP contribution in [0, 0.1) is 6.92 Å². The van der Waals surface area contributed by atoms with Crippen molar-refractivity contribution in [2.24, 2.45) is 0 Å². The summed E-state index contributed by atoms with van der Waals surface area (Å²) in [6.07, 6.45) is 0.271. The molecule has 0 spiro atoms. The van der Waals surface area contributed by atoms with E-state index in [9.17, 15) is 14.4 Å². The number of thiophene rings is 1. The molecule has 0 aliphatic rings. The van der Waals surface area contributed by atoms with E-state index in [4.69, 9.17) is 32.5 Å². The van der Waals surface area contributed by atoms with E-state index in [2.05, 4.69) is 10.5 Å². The minimum absolute atomic E-state index is 0.00898. The first kappa shape index (κ1) is 23.0. The zero-order valence-electron chi connectivity index (χ0n) is 16.9. The van der Waals surface area contributed by atoms with E-state index < -0.39 is 11.9 Å². The Labute approximate surface area is 192 Å². The minimum atomic E-state index is -0.613. The number of halogens is 2. The highest BCUT2D eigenvalue weighted by Crippen LogP contribution is 2.35. The van der Waals surface area contributed by atoms with Gasteiger partial charge in [-0.1, -0.05) is 35.3 Å². The van der Waals surface area contributed by atoms with E-state index in [0.29, 0.717) is 31.8 Å². The average Bonchev–Trinajstić information content (AvgIpc) is 3.35. The molecule has 1 N–H and O–H groups in total. The molecule has 0 saturated carbocycles. The fourth-order valence-electron chi connectivity index (χ4n) is 2.81. The summed E-state index contributed by atoms with van der Waals surface area (Å²) in [6, 6.07) is 6.32. The van der Waals surface area contributed by atoms with Crippen LogP contribution >= 0.6 is 34.5 Å². The number of hydrogen-bond acceptors (Lipinski definition) is 7. The summed E-state index contributed by atoms with van der Waals surface area (Å²) in [5.74, 6) is -1.02. The van der Waals surface area contributed by atoms with E-state index in [1.807, 2.05) is 0 Å². The van der Waals surface area contributed by atoms with Crippen molar-refractivity contribution < 1.29 is 23.6 Å². The van der Waals surface area contributed by atoms with Gasteiger partial charge in [0.05, 0.1) is 27.1 Å². The number of ether oxygens (including phenoxy) is 1. The molecule has 0 unspecified atom stereocenters. The van der Waals surface area contributed by atoms with Crippen molar-refractivity contribution in [1.29, 1.82) is 0 Å². The third-order valence-electron chi connectivity index (χ3n) is 4.37. The van der Waals surface area contributed by atoms with Crippen molar-refractivity contribution in [3.05, 3.63) is 56.0 Å². The van der Waals surface area contributed by atoms with Gasteiger partial charge < -0.3 is 14.6 Å². The second-order valence-electron chi connectivity index (χ2n) is 6.42. The van der Waals surface area contributed by atoms with Gasteiger partial charge in [0.2, 0.25) is 0 Å². The molecule has 0 radical (unpaired) electrons. The molecule has 7 nitrogen and oxygen atoms in total. The van der Waals surface area contributed by atoms with Gasteiger partial charge in [-0.3, -0.25) is 9.59 Å². The third kappa shape index (κ3) is 4.81. The molecular formula is C21H18Cl2N2O5S. The highest BCUT2D eigenvalue weighted by molar-refractivity contribution is 7.18. The molecule has 0 fully saturated rings. The molecule has 0 bridgehead atoms. The van der Waals surface area contributed by atoms with Crippen LogP contribution in [-0.4, -0.2) is 29.4 Å². The second-order valence-corrected chi connectivity index (χ2v) is 8.25. The van der Waals surface area contributed by atoms with Crippen LogP contribution in [0.1, 0.15) is 56.3 Å². The van der Waals surface area contributed by atoms with Crippen LogP contribution < -0.4 is 5.32 Å². The number of benzene rings is 1. The Balaban J connectivity index is 1.91. The summed E-state index contributed by atoms with van der Waals surface area (Å²) in [7, 11) is 0. The molecule has 1 aromatic carbocycles. The molecule has 3 rings (SSSR count). The van der Waals surface area contributed by atoms with Gasteiger partial charge in [0.1, 0.15) is 5.00 Å². The van der Waals surface area contributed by atoms with Crippen LogP contribution in [0.4, 0.5) is 5.00 Å². The summed E-state index contributed by atoms with van der Waals surface area (Å²) in [5.41, 5.74) is 1.22. The van der Waals surface area contributed by atoms with E-state index in [1.165, 1.54) is 6.07 Å². The van der Waals surface area contributed by atoms with Crippen LogP contribution in [0.25, 0.3) is 11.3 Å². The normalized spacial score (nSPS) is 10.7. The SMILES string of the molecule is CCOC(=O)c1c(NC(=O)c2cc(-c3ccc(Cl)c(Cl)c3)on2)sc(C(=O)CC)c1C. The Morgan fingerprint density at radius 3 is 2.55 bits per heavy atom. The fraction of sp³-hybridized carbons (Fsp3) is 0.238. The number of hydrogen-bond donors (Lipinski definition) is 1. The summed E-state index contributed by atoms with van der Waals surface area (Å²) in [5, 5.41) is 7.38. The van der Waals surface area contributed by atoms with Crippen LogP contribution in [0.2, 0.25) is 10.0 Å². The summed E-state index contributed by atoms with van der Waals surface area (Å²) in [4.78, 5) is 37.8. The molecule has 1 amide bonds. The molecule has 2 aromatic heterocycles. The summed E-state index contributed by atoms with van der Waals surface area (Å²) >= 11 is 13.0. The highest BCUT2D eigenvalue weighted by atomic mass is 35.5. The number of ketones is 1. The van der Waals surface area contributed by atoms with E-state index in [0.717, 1.165) is 11.3 Å². The average molecular weight is 481 g/mol. The highest BCUT2D eigenvalue weighted by Gasteiger charge is 2.27. The molecule has 2 heterocycles. The van der Waals surface area contributed by atoms with Gasteiger partial charge in [-0.05, 0) is 37.6 Å². The maximum Gasteiger partial charge on any atom is 0.341 e. The maximum absolute atomic E-state index is 12.8. The lowest BCUT2D eigenvalue weighted by Crippen LogP contribution is -2.15. The number of esters is 1. The number of nitrogens with one attached hydrogen (secondary N) is 1. The Morgan fingerprint density at radius 1 is 1.16 bits per heavy atom. The Kier molecular flexibility index (Phi) is 7.15. The van der Waals surface area contributed by atoms with E-state index >= 15 is 0 Å². The van der Waals surface area contributed by atoms with E-state index in [-0.39, 0.29) is 35.1 Å². The molecule has 162 valence electrons. The van der Waals surface area contributed by atoms with Crippen molar-refractivity contribution in [2.45, 2.75) is 27.2 Å². The lowest BCUT2D eigenvalue weighted by atomic mass is 10.1. The fourth-order valence-corrected chi connectivity index (χ4v) is 4.31. The molecule has 10 heteroatoms. The van der Waals surface area contributed by atoms with Crippen LogP contribution in [-0.2, 0) is 4.74 Å². The van der Waals surface area contributed by atoms with Crippen LogP contribution in [0.15, 0.2) is 28.8 Å². The molecule has 3 aromatic rings. The number of aromatic nitrogens is 1. The smallest absolute Gasteiger partial charge is 0.341 e. The molecule has 0 saturated heterocycles.